The molecule has 0 aromatic heterocycles. The second-order valence-corrected chi connectivity index (χ2v) is 4.82. The summed E-state index contributed by atoms with van der Waals surface area (Å²) in [5.41, 5.74) is 0. The summed E-state index contributed by atoms with van der Waals surface area (Å²) in [6.07, 6.45) is 6.92. The van der Waals surface area contributed by atoms with E-state index in [2.05, 4.69) is 19.2 Å². The molecular weight excluding hydrogens is 174 g/mol. The third-order valence-electron chi connectivity index (χ3n) is 3.18. The average molecular weight is 199 g/mol. The van der Waals surface area contributed by atoms with Crippen LogP contribution in [0.2, 0.25) is 0 Å². The van der Waals surface area contributed by atoms with E-state index in [0.29, 0.717) is 6.04 Å². The third-order valence-corrected chi connectivity index (χ3v) is 3.18. The summed E-state index contributed by atoms with van der Waals surface area (Å²) < 4.78 is 0. The van der Waals surface area contributed by atoms with Gasteiger partial charge in [-0.15, -0.1) is 0 Å². The van der Waals surface area contributed by atoms with Crippen LogP contribution in [0.15, 0.2) is 0 Å². The van der Waals surface area contributed by atoms with E-state index in [0.717, 1.165) is 25.3 Å². The highest BCUT2D eigenvalue weighted by molar-refractivity contribution is 4.77. The normalized spacial score (nSPS) is 30.2. The first-order valence-corrected chi connectivity index (χ1v) is 6.13. The Bertz CT molecular complexity index is 149. The number of aliphatic hydroxyl groups excluding tert-OH is 1. The fourth-order valence-electron chi connectivity index (χ4n) is 2.31. The lowest BCUT2D eigenvalue weighted by atomic mass is 9.92. The topological polar surface area (TPSA) is 32.3 Å². The van der Waals surface area contributed by atoms with Crippen molar-refractivity contribution >= 4 is 0 Å². The van der Waals surface area contributed by atoms with Crippen molar-refractivity contribution in [3.63, 3.8) is 0 Å². The molecule has 2 N–H and O–H groups in total. The monoisotopic (exact) mass is 199 g/mol. The minimum Gasteiger partial charge on any atom is -0.393 e. The molecule has 0 spiro atoms. The second-order valence-electron chi connectivity index (χ2n) is 4.82. The molecule has 0 aliphatic heterocycles. The molecule has 0 heterocycles. The van der Waals surface area contributed by atoms with Crippen LogP contribution < -0.4 is 5.32 Å². The minimum atomic E-state index is -0.0530. The quantitative estimate of drug-likeness (QED) is 0.712. The lowest BCUT2D eigenvalue weighted by Gasteiger charge is -2.27. The van der Waals surface area contributed by atoms with Crippen LogP contribution in [0.1, 0.15) is 52.4 Å². The highest BCUT2D eigenvalue weighted by Crippen LogP contribution is 2.18. The van der Waals surface area contributed by atoms with Gasteiger partial charge in [-0.25, -0.2) is 0 Å². The van der Waals surface area contributed by atoms with Crippen LogP contribution in [-0.2, 0) is 0 Å². The van der Waals surface area contributed by atoms with Gasteiger partial charge in [0, 0.05) is 6.04 Å². The first kappa shape index (κ1) is 12.0. The number of hydrogen-bond acceptors (Lipinski definition) is 2. The van der Waals surface area contributed by atoms with Gasteiger partial charge in [-0.1, -0.05) is 20.3 Å². The Labute approximate surface area is 88.1 Å². The van der Waals surface area contributed by atoms with Crippen molar-refractivity contribution in [2.45, 2.75) is 64.5 Å². The van der Waals surface area contributed by atoms with Crippen molar-refractivity contribution in [1.29, 1.82) is 0 Å². The van der Waals surface area contributed by atoms with E-state index < -0.39 is 0 Å². The van der Waals surface area contributed by atoms with Crippen molar-refractivity contribution in [2.24, 2.45) is 5.92 Å². The Morgan fingerprint density at radius 3 is 2.86 bits per heavy atom. The third kappa shape index (κ3) is 4.43. The first-order chi connectivity index (χ1) is 6.72. The predicted molar refractivity (Wildman–Crippen MR) is 60.3 cm³/mol. The largest absolute Gasteiger partial charge is 0.393 e. The first-order valence-electron chi connectivity index (χ1n) is 6.13. The van der Waals surface area contributed by atoms with Gasteiger partial charge in [0.1, 0.15) is 0 Å². The molecule has 0 aromatic carbocycles. The van der Waals surface area contributed by atoms with Crippen LogP contribution in [0, 0.1) is 5.92 Å². The van der Waals surface area contributed by atoms with Gasteiger partial charge in [0.2, 0.25) is 0 Å². The molecule has 1 rings (SSSR count). The van der Waals surface area contributed by atoms with Crippen LogP contribution in [-0.4, -0.2) is 23.8 Å². The summed E-state index contributed by atoms with van der Waals surface area (Å²) in [6.45, 7) is 5.65. The molecule has 2 heteroatoms. The fourth-order valence-corrected chi connectivity index (χ4v) is 2.31. The van der Waals surface area contributed by atoms with Crippen molar-refractivity contribution in [2.75, 3.05) is 6.54 Å². The van der Waals surface area contributed by atoms with Crippen molar-refractivity contribution < 1.29 is 5.11 Å². The molecule has 2 nitrogen and oxygen atoms in total. The average Bonchev–Trinajstić information content (AvgIpc) is 2.15. The Morgan fingerprint density at radius 1 is 1.43 bits per heavy atom. The molecule has 1 aliphatic carbocycles. The van der Waals surface area contributed by atoms with Crippen molar-refractivity contribution in [3.8, 4) is 0 Å². The summed E-state index contributed by atoms with van der Waals surface area (Å²) in [4.78, 5) is 0. The summed E-state index contributed by atoms with van der Waals surface area (Å²) in [6, 6.07) is 0.568. The highest BCUT2D eigenvalue weighted by atomic mass is 16.3. The van der Waals surface area contributed by atoms with Gasteiger partial charge in [-0.05, 0) is 44.6 Å². The zero-order valence-corrected chi connectivity index (χ0v) is 9.63. The van der Waals surface area contributed by atoms with Crippen molar-refractivity contribution in [1.82, 2.24) is 5.32 Å². The number of aliphatic hydroxyl groups is 1. The lowest BCUT2D eigenvalue weighted by Crippen LogP contribution is -2.38. The molecule has 0 aromatic rings. The van der Waals surface area contributed by atoms with Gasteiger partial charge in [-0.2, -0.15) is 0 Å². The van der Waals surface area contributed by atoms with Gasteiger partial charge in [0.15, 0.2) is 0 Å². The second kappa shape index (κ2) is 6.41. The standard InChI is InChI=1S/C12H25NO/c1-3-5-10(2)9-13-11-6-4-7-12(14)8-11/h10-14H,3-9H2,1-2H3. The molecule has 0 bridgehead atoms. The molecular formula is C12H25NO. The van der Waals surface area contributed by atoms with Crippen LogP contribution in [0.3, 0.4) is 0 Å². The smallest absolute Gasteiger partial charge is 0.0555 e. The summed E-state index contributed by atoms with van der Waals surface area (Å²) in [5, 5.41) is 13.1. The van der Waals surface area contributed by atoms with E-state index in [1.807, 2.05) is 0 Å². The fraction of sp³-hybridized carbons (Fsp3) is 1.00. The number of hydrogen-bond donors (Lipinski definition) is 2. The van der Waals surface area contributed by atoms with Gasteiger partial charge in [0.05, 0.1) is 6.10 Å². The number of rotatable bonds is 5. The molecule has 0 saturated heterocycles. The zero-order chi connectivity index (χ0) is 10.4. The van der Waals surface area contributed by atoms with Gasteiger partial charge < -0.3 is 10.4 Å². The predicted octanol–water partition coefficient (Wildman–Crippen LogP) is 2.32. The summed E-state index contributed by atoms with van der Waals surface area (Å²) >= 11 is 0. The Hall–Kier alpha value is -0.0800. The van der Waals surface area contributed by atoms with E-state index in [-0.39, 0.29) is 6.10 Å². The molecule has 14 heavy (non-hydrogen) atoms. The molecule has 0 amide bonds. The van der Waals surface area contributed by atoms with Gasteiger partial charge in [0.25, 0.3) is 0 Å². The molecule has 1 aliphatic rings. The van der Waals surface area contributed by atoms with Gasteiger partial charge in [-0.3, -0.25) is 0 Å². The van der Waals surface area contributed by atoms with E-state index in [1.165, 1.54) is 25.7 Å². The summed E-state index contributed by atoms with van der Waals surface area (Å²) in [7, 11) is 0. The van der Waals surface area contributed by atoms with E-state index in [1.54, 1.807) is 0 Å². The Morgan fingerprint density at radius 2 is 2.21 bits per heavy atom. The molecule has 3 atom stereocenters. The maximum atomic E-state index is 9.51. The van der Waals surface area contributed by atoms with E-state index >= 15 is 0 Å². The van der Waals surface area contributed by atoms with Crippen LogP contribution >= 0.6 is 0 Å². The SMILES string of the molecule is CCCC(C)CNC1CCCC(O)C1. The van der Waals surface area contributed by atoms with Crippen LogP contribution in [0.25, 0.3) is 0 Å². The minimum absolute atomic E-state index is 0.0530. The zero-order valence-electron chi connectivity index (χ0n) is 9.63. The lowest BCUT2D eigenvalue weighted by molar-refractivity contribution is 0.111. The maximum Gasteiger partial charge on any atom is 0.0555 e. The maximum absolute atomic E-state index is 9.51. The molecule has 1 fully saturated rings. The highest BCUT2D eigenvalue weighted by Gasteiger charge is 2.19. The molecule has 84 valence electrons. The molecule has 1 saturated carbocycles. The molecule has 0 radical (unpaired) electrons. The van der Waals surface area contributed by atoms with E-state index in [4.69, 9.17) is 0 Å². The molecule has 3 unspecified atom stereocenters. The van der Waals surface area contributed by atoms with Crippen LogP contribution in [0.5, 0.6) is 0 Å². The van der Waals surface area contributed by atoms with Gasteiger partial charge >= 0.3 is 0 Å². The van der Waals surface area contributed by atoms with E-state index in [9.17, 15) is 5.11 Å². The number of nitrogens with one attached hydrogen (secondary N) is 1. The Balaban J connectivity index is 2.10. The van der Waals surface area contributed by atoms with Crippen molar-refractivity contribution in [3.05, 3.63) is 0 Å². The summed E-state index contributed by atoms with van der Waals surface area (Å²) in [5.74, 6) is 0.777. The van der Waals surface area contributed by atoms with Crippen LogP contribution in [0.4, 0.5) is 0 Å². The Kier molecular flexibility index (Phi) is 5.49.